The number of carbonyl (C=O) groups excluding carboxylic acids is 2. The van der Waals surface area contributed by atoms with Gasteiger partial charge in [-0.15, -0.1) is 0 Å². The first-order chi connectivity index (χ1) is 16.4. The summed E-state index contributed by atoms with van der Waals surface area (Å²) >= 11 is 13.3. The fraction of sp³-hybridized carbons (Fsp3) is 0.167. The van der Waals surface area contributed by atoms with Crippen molar-refractivity contribution < 1.29 is 19.1 Å². The standard InChI is InChI=1S/C24H20N2O4S4/c1-29-17-7-3-15(4-8-17)13-19-21(27)25(23(31)33-19)11-12-26-22(28)20(34-24(26)32)14-16-5-9-18(30-2)10-6-16/h3-10,13-14H,11-12H2,1-2H3/b19-13-,20-14+. The number of thiocarbonyl (C=S) groups is 2. The predicted molar refractivity (Wildman–Crippen MR) is 146 cm³/mol. The van der Waals surface area contributed by atoms with Gasteiger partial charge in [0.1, 0.15) is 20.1 Å². The Morgan fingerprint density at radius 1 is 0.706 bits per heavy atom. The summed E-state index contributed by atoms with van der Waals surface area (Å²) in [4.78, 5) is 30.0. The molecule has 0 unspecified atom stereocenters. The molecule has 0 bridgehead atoms. The summed E-state index contributed by atoms with van der Waals surface area (Å²) in [5.41, 5.74) is 1.75. The lowest BCUT2D eigenvalue weighted by molar-refractivity contribution is -0.125. The lowest BCUT2D eigenvalue weighted by Crippen LogP contribution is -2.39. The lowest BCUT2D eigenvalue weighted by atomic mass is 10.2. The number of amides is 2. The van der Waals surface area contributed by atoms with Crippen molar-refractivity contribution in [3.63, 3.8) is 0 Å². The Morgan fingerprint density at radius 3 is 1.38 bits per heavy atom. The molecule has 2 saturated heterocycles. The van der Waals surface area contributed by atoms with E-state index in [2.05, 4.69) is 0 Å². The first kappa shape index (κ1) is 24.5. The van der Waals surface area contributed by atoms with Crippen LogP contribution in [0.25, 0.3) is 12.2 Å². The number of nitrogens with zero attached hydrogens (tertiary/aromatic N) is 2. The highest BCUT2D eigenvalue weighted by atomic mass is 32.2. The molecule has 2 amide bonds. The maximum absolute atomic E-state index is 12.9. The van der Waals surface area contributed by atoms with Crippen LogP contribution in [0.5, 0.6) is 11.5 Å². The number of hydrogen-bond acceptors (Lipinski definition) is 8. The smallest absolute Gasteiger partial charge is 0.266 e. The zero-order valence-electron chi connectivity index (χ0n) is 18.3. The van der Waals surface area contributed by atoms with Gasteiger partial charge < -0.3 is 9.47 Å². The van der Waals surface area contributed by atoms with Crippen LogP contribution in [0.1, 0.15) is 11.1 Å². The number of hydrogen-bond donors (Lipinski definition) is 0. The topological polar surface area (TPSA) is 59.1 Å². The van der Waals surface area contributed by atoms with Crippen LogP contribution in [0.3, 0.4) is 0 Å². The van der Waals surface area contributed by atoms with Gasteiger partial charge in [0.05, 0.1) is 24.0 Å². The Morgan fingerprint density at radius 2 is 1.06 bits per heavy atom. The minimum absolute atomic E-state index is 0.176. The van der Waals surface area contributed by atoms with Crippen LogP contribution in [0, 0.1) is 0 Å². The number of rotatable bonds is 7. The van der Waals surface area contributed by atoms with Crippen molar-refractivity contribution in [3.05, 3.63) is 69.5 Å². The average molecular weight is 529 g/mol. The molecule has 0 N–H and O–H groups in total. The molecule has 0 atom stereocenters. The summed E-state index contributed by atoms with van der Waals surface area (Å²) in [7, 11) is 3.21. The molecule has 2 fully saturated rings. The SMILES string of the molecule is COc1ccc(/C=C2\SC(=S)N(CCN3C(=O)/C(=C\c4ccc(OC)cc4)SC3=S)C2=O)cc1. The van der Waals surface area contributed by atoms with E-state index in [0.717, 1.165) is 22.6 Å². The van der Waals surface area contributed by atoms with Gasteiger partial charge in [-0.25, -0.2) is 0 Å². The monoisotopic (exact) mass is 528 g/mol. The van der Waals surface area contributed by atoms with Crippen LogP contribution in [-0.2, 0) is 9.59 Å². The van der Waals surface area contributed by atoms with E-state index in [0.29, 0.717) is 18.5 Å². The van der Waals surface area contributed by atoms with Crippen molar-refractivity contribution in [2.45, 2.75) is 0 Å². The Hall–Kier alpha value is -2.66. The van der Waals surface area contributed by atoms with Crippen LogP contribution in [0.15, 0.2) is 58.3 Å². The quantitative estimate of drug-likeness (QED) is 0.375. The maximum Gasteiger partial charge on any atom is 0.266 e. The van der Waals surface area contributed by atoms with Crippen molar-refractivity contribution in [3.8, 4) is 11.5 Å². The van der Waals surface area contributed by atoms with Crippen LogP contribution < -0.4 is 9.47 Å². The fourth-order valence-corrected chi connectivity index (χ4v) is 5.91. The van der Waals surface area contributed by atoms with Crippen LogP contribution in [-0.4, -0.2) is 57.6 Å². The third-order valence-corrected chi connectivity index (χ3v) is 7.88. The van der Waals surface area contributed by atoms with E-state index in [1.165, 1.54) is 33.3 Å². The van der Waals surface area contributed by atoms with Crippen LogP contribution in [0.2, 0.25) is 0 Å². The highest BCUT2D eigenvalue weighted by Gasteiger charge is 2.36. The molecule has 0 spiro atoms. The fourth-order valence-electron chi connectivity index (χ4n) is 3.29. The van der Waals surface area contributed by atoms with Crippen molar-refractivity contribution in [1.29, 1.82) is 0 Å². The van der Waals surface area contributed by atoms with Crippen molar-refractivity contribution >= 4 is 80.6 Å². The normalized spacial score (nSPS) is 18.5. The van der Waals surface area contributed by atoms with Gasteiger partial charge in [0.15, 0.2) is 0 Å². The molecule has 4 rings (SSSR count). The summed E-state index contributed by atoms with van der Waals surface area (Å²) in [6.07, 6.45) is 3.60. The minimum Gasteiger partial charge on any atom is -0.497 e. The second-order valence-electron chi connectivity index (χ2n) is 7.21. The zero-order chi connectivity index (χ0) is 24.2. The molecule has 2 aliphatic rings. The van der Waals surface area contributed by atoms with E-state index >= 15 is 0 Å². The van der Waals surface area contributed by atoms with Gasteiger partial charge in [0.25, 0.3) is 11.8 Å². The Labute approximate surface area is 217 Å². The number of benzene rings is 2. The van der Waals surface area contributed by atoms with Gasteiger partial charge in [-0.05, 0) is 47.5 Å². The molecule has 0 aromatic heterocycles. The molecule has 2 heterocycles. The van der Waals surface area contributed by atoms with Crippen LogP contribution in [0.4, 0.5) is 0 Å². The Balaban J connectivity index is 1.41. The van der Waals surface area contributed by atoms with Gasteiger partial charge in [-0.2, -0.15) is 0 Å². The van der Waals surface area contributed by atoms with E-state index in [1.54, 1.807) is 26.4 Å². The molecule has 174 valence electrons. The summed E-state index contributed by atoms with van der Waals surface area (Å²) in [5, 5.41) is 0. The number of thioether (sulfide) groups is 2. The largest absolute Gasteiger partial charge is 0.497 e. The molecule has 0 radical (unpaired) electrons. The van der Waals surface area contributed by atoms with Gasteiger partial charge in [-0.3, -0.25) is 19.4 Å². The first-order valence-corrected chi connectivity index (χ1v) is 12.6. The number of carbonyl (C=O) groups is 2. The Kier molecular flexibility index (Phi) is 7.72. The summed E-state index contributed by atoms with van der Waals surface area (Å²) in [6, 6.07) is 14.8. The molecular formula is C24H20N2O4S4. The molecule has 6 nitrogen and oxygen atoms in total. The number of methoxy groups -OCH3 is 2. The first-order valence-electron chi connectivity index (χ1n) is 10.2. The summed E-state index contributed by atoms with van der Waals surface area (Å²) < 4.78 is 11.3. The average Bonchev–Trinajstić information content (AvgIpc) is 3.26. The second-order valence-corrected chi connectivity index (χ2v) is 10.6. The van der Waals surface area contributed by atoms with Crippen LogP contribution >= 0.6 is 48.0 Å². The molecule has 0 saturated carbocycles. The van der Waals surface area contributed by atoms with Gasteiger partial charge in [0.2, 0.25) is 0 Å². The molecule has 2 aromatic rings. The van der Waals surface area contributed by atoms with Gasteiger partial charge in [-0.1, -0.05) is 72.2 Å². The predicted octanol–water partition coefficient (Wildman–Crippen LogP) is 4.81. The molecule has 10 heteroatoms. The molecule has 0 aliphatic carbocycles. The summed E-state index contributed by atoms with van der Waals surface area (Å²) in [6.45, 7) is 0.541. The molecule has 2 aromatic carbocycles. The van der Waals surface area contributed by atoms with E-state index in [-0.39, 0.29) is 24.9 Å². The van der Waals surface area contributed by atoms with E-state index in [4.69, 9.17) is 33.9 Å². The lowest BCUT2D eigenvalue weighted by Gasteiger charge is -2.19. The molecule has 34 heavy (non-hydrogen) atoms. The van der Waals surface area contributed by atoms with Gasteiger partial charge >= 0.3 is 0 Å². The number of ether oxygens (including phenoxy) is 2. The van der Waals surface area contributed by atoms with Crippen molar-refractivity contribution in [2.75, 3.05) is 27.3 Å². The van der Waals surface area contributed by atoms with Crippen molar-refractivity contribution in [1.82, 2.24) is 9.80 Å². The maximum atomic E-state index is 12.9. The summed E-state index contributed by atoms with van der Waals surface area (Å²) in [5.74, 6) is 1.14. The van der Waals surface area contributed by atoms with Gasteiger partial charge in [0, 0.05) is 13.1 Å². The zero-order valence-corrected chi connectivity index (χ0v) is 21.6. The molecular weight excluding hydrogens is 509 g/mol. The minimum atomic E-state index is -0.176. The third kappa shape index (κ3) is 5.35. The third-order valence-electron chi connectivity index (χ3n) is 5.12. The van der Waals surface area contributed by atoms with E-state index in [1.807, 2.05) is 48.5 Å². The van der Waals surface area contributed by atoms with E-state index in [9.17, 15) is 9.59 Å². The Bertz CT molecular complexity index is 1110. The van der Waals surface area contributed by atoms with Crippen molar-refractivity contribution in [2.24, 2.45) is 0 Å². The highest BCUT2D eigenvalue weighted by molar-refractivity contribution is 8.27. The molecule has 2 aliphatic heterocycles. The van der Waals surface area contributed by atoms with E-state index < -0.39 is 0 Å². The second kappa shape index (κ2) is 10.7. The highest BCUT2D eigenvalue weighted by Crippen LogP contribution is 2.35.